The van der Waals surface area contributed by atoms with Crippen molar-refractivity contribution in [3.05, 3.63) is 48.3 Å². The molecule has 1 aliphatic heterocycles. The van der Waals surface area contributed by atoms with Gasteiger partial charge in [0.25, 0.3) is 0 Å². The highest BCUT2D eigenvalue weighted by molar-refractivity contribution is 5.69. The van der Waals surface area contributed by atoms with Crippen molar-refractivity contribution in [2.45, 2.75) is 58.0 Å². The van der Waals surface area contributed by atoms with E-state index >= 15 is 0 Å². The topological polar surface area (TPSA) is 92.0 Å². The second-order valence-electron chi connectivity index (χ2n) is 9.91. The largest absolute Gasteiger partial charge is 0.444 e. The summed E-state index contributed by atoms with van der Waals surface area (Å²) in [5.41, 5.74) is 1.24. The van der Waals surface area contributed by atoms with E-state index in [0.29, 0.717) is 11.5 Å². The minimum atomic E-state index is -1.24. The van der Waals surface area contributed by atoms with Gasteiger partial charge >= 0.3 is 6.09 Å². The van der Waals surface area contributed by atoms with Crippen molar-refractivity contribution in [3.63, 3.8) is 0 Å². The zero-order valence-corrected chi connectivity index (χ0v) is 19.5. The number of nitrogens with one attached hydrogen (secondary N) is 1. The predicted octanol–water partition coefficient (Wildman–Crippen LogP) is 3.99. The molecule has 0 unspecified atom stereocenters. The molecule has 0 aromatic carbocycles. The fraction of sp³-hybridized carbons (Fsp3) is 0.458. The SMILES string of the molecule is CC(C)(C)OC(=O)N1C[C@H](Nc2cccc(-c3cnc4ccc(C(C)(C)O)cn34)n2)[C@@H](F)C1. The second kappa shape index (κ2) is 8.30. The lowest BCUT2D eigenvalue weighted by Crippen LogP contribution is -2.36. The number of aliphatic hydroxyl groups is 1. The quantitative estimate of drug-likeness (QED) is 0.618. The van der Waals surface area contributed by atoms with Crippen LogP contribution in [0.4, 0.5) is 15.0 Å². The highest BCUT2D eigenvalue weighted by atomic mass is 19.1. The number of halogens is 1. The summed E-state index contributed by atoms with van der Waals surface area (Å²) in [6, 6.07) is 8.53. The first-order valence-electron chi connectivity index (χ1n) is 11.0. The fourth-order valence-electron chi connectivity index (χ4n) is 3.76. The van der Waals surface area contributed by atoms with Gasteiger partial charge in [0.15, 0.2) is 0 Å². The van der Waals surface area contributed by atoms with Crippen LogP contribution in [0.1, 0.15) is 40.2 Å². The third-order valence-electron chi connectivity index (χ3n) is 5.46. The summed E-state index contributed by atoms with van der Waals surface area (Å²) in [4.78, 5) is 22.8. The van der Waals surface area contributed by atoms with E-state index in [0.717, 1.165) is 16.9 Å². The van der Waals surface area contributed by atoms with E-state index in [-0.39, 0.29) is 13.1 Å². The molecule has 1 fully saturated rings. The maximum absolute atomic E-state index is 14.7. The summed E-state index contributed by atoms with van der Waals surface area (Å²) in [5, 5.41) is 13.5. The van der Waals surface area contributed by atoms with Crippen molar-refractivity contribution in [2.75, 3.05) is 18.4 Å². The molecule has 2 atom stereocenters. The summed E-state index contributed by atoms with van der Waals surface area (Å²) in [5.74, 6) is 0.500. The monoisotopic (exact) mass is 455 g/mol. The predicted molar refractivity (Wildman–Crippen MR) is 124 cm³/mol. The number of alkyl halides is 1. The van der Waals surface area contributed by atoms with Crippen molar-refractivity contribution in [1.82, 2.24) is 19.3 Å². The number of carbonyl (C=O) groups excluding carboxylic acids is 1. The van der Waals surface area contributed by atoms with Crippen molar-refractivity contribution in [1.29, 1.82) is 0 Å². The number of hydrogen-bond donors (Lipinski definition) is 2. The Morgan fingerprint density at radius 3 is 2.64 bits per heavy atom. The van der Waals surface area contributed by atoms with E-state index in [9.17, 15) is 14.3 Å². The zero-order chi connectivity index (χ0) is 24.0. The van der Waals surface area contributed by atoms with Crippen LogP contribution >= 0.6 is 0 Å². The third-order valence-corrected chi connectivity index (χ3v) is 5.46. The Balaban J connectivity index is 1.54. The van der Waals surface area contributed by atoms with Gasteiger partial charge in [0.2, 0.25) is 0 Å². The fourth-order valence-corrected chi connectivity index (χ4v) is 3.76. The highest BCUT2D eigenvalue weighted by Crippen LogP contribution is 2.26. The van der Waals surface area contributed by atoms with Crippen LogP contribution in [-0.4, -0.2) is 61.4 Å². The molecule has 4 heterocycles. The van der Waals surface area contributed by atoms with Crippen LogP contribution in [0.5, 0.6) is 0 Å². The molecule has 4 rings (SSSR count). The minimum Gasteiger partial charge on any atom is -0.444 e. The van der Waals surface area contributed by atoms with Crippen LogP contribution in [0.2, 0.25) is 0 Å². The minimum absolute atomic E-state index is 0.0285. The van der Waals surface area contributed by atoms with Gasteiger partial charge in [-0.2, -0.15) is 0 Å². The van der Waals surface area contributed by atoms with Crippen molar-refractivity contribution >= 4 is 17.6 Å². The van der Waals surface area contributed by atoms with E-state index in [1.165, 1.54) is 4.90 Å². The van der Waals surface area contributed by atoms with Crippen molar-refractivity contribution in [3.8, 4) is 11.4 Å². The first-order valence-corrected chi connectivity index (χ1v) is 11.0. The molecule has 3 aromatic rings. The van der Waals surface area contributed by atoms with Crippen molar-refractivity contribution < 1.29 is 19.0 Å². The molecular formula is C24H30FN5O3. The van der Waals surface area contributed by atoms with Crippen LogP contribution in [0.3, 0.4) is 0 Å². The molecule has 1 saturated heterocycles. The van der Waals surface area contributed by atoms with Gasteiger partial charge in [-0.3, -0.25) is 4.40 Å². The lowest BCUT2D eigenvalue weighted by atomic mass is 10.0. The van der Waals surface area contributed by atoms with E-state index in [1.807, 2.05) is 34.9 Å². The first-order chi connectivity index (χ1) is 15.4. The summed E-state index contributed by atoms with van der Waals surface area (Å²) in [6.07, 6.45) is 1.79. The van der Waals surface area contributed by atoms with Gasteiger partial charge in [-0.25, -0.2) is 19.2 Å². The van der Waals surface area contributed by atoms with Gasteiger partial charge in [0.05, 0.1) is 35.8 Å². The Hall–Kier alpha value is -3.20. The average molecular weight is 456 g/mol. The molecule has 0 radical (unpaired) electrons. The molecule has 176 valence electrons. The van der Waals surface area contributed by atoms with E-state index < -0.39 is 29.5 Å². The van der Waals surface area contributed by atoms with Crippen molar-refractivity contribution in [2.24, 2.45) is 0 Å². The molecule has 2 N–H and O–H groups in total. The Morgan fingerprint density at radius 2 is 1.94 bits per heavy atom. The highest BCUT2D eigenvalue weighted by Gasteiger charge is 2.37. The van der Waals surface area contributed by atoms with E-state index in [2.05, 4.69) is 15.3 Å². The second-order valence-corrected chi connectivity index (χ2v) is 9.91. The normalized spacial score (nSPS) is 19.2. The van der Waals surface area contributed by atoms with Crippen LogP contribution in [0.15, 0.2) is 42.7 Å². The molecule has 33 heavy (non-hydrogen) atoms. The van der Waals surface area contributed by atoms with Crippen LogP contribution < -0.4 is 5.32 Å². The number of amides is 1. The molecule has 8 nitrogen and oxygen atoms in total. The van der Waals surface area contributed by atoms with Gasteiger partial charge < -0.3 is 20.1 Å². The Kier molecular flexibility index (Phi) is 5.78. The maximum Gasteiger partial charge on any atom is 0.410 e. The Morgan fingerprint density at radius 1 is 1.18 bits per heavy atom. The standard InChI is InChI=1S/C24H30FN5O3/c1-23(2,3)33-22(31)29-13-16(25)18(14-29)28-20-8-6-7-17(27-20)19-11-26-21-10-9-15(12-30(19)21)24(4,5)32/h6-12,16,18,32H,13-14H2,1-5H3,(H,27,28)/t16-,18-/m0/s1. The average Bonchev–Trinajstić information content (AvgIpc) is 3.29. The lowest BCUT2D eigenvalue weighted by Gasteiger charge is -2.24. The smallest absolute Gasteiger partial charge is 0.410 e. The number of likely N-dealkylation sites (tertiary alicyclic amines) is 1. The molecule has 1 aliphatic rings. The number of rotatable bonds is 4. The zero-order valence-electron chi connectivity index (χ0n) is 19.5. The summed E-state index contributed by atoms with van der Waals surface area (Å²) < 4.78 is 21.9. The number of fused-ring (bicyclic) bond motifs is 1. The molecular weight excluding hydrogens is 425 g/mol. The molecule has 1 amide bonds. The van der Waals surface area contributed by atoms with Crippen LogP contribution in [0, 0.1) is 0 Å². The Labute approximate surface area is 192 Å². The molecule has 0 saturated carbocycles. The van der Waals surface area contributed by atoms with Gasteiger partial charge in [-0.1, -0.05) is 12.1 Å². The van der Waals surface area contributed by atoms with E-state index in [1.54, 1.807) is 46.9 Å². The lowest BCUT2D eigenvalue weighted by molar-refractivity contribution is 0.0283. The number of imidazole rings is 1. The number of anilines is 1. The molecule has 3 aromatic heterocycles. The summed E-state index contributed by atoms with van der Waals surface area (Å²) in [7, 11) is 0. The maximum atomic E-state index is 14.7. The summed E-state index contributed by atoms with van der Waals surface area (Å²) in [6.45, 7) is 8.95. The van der Waals surface area contributed by atoms with E-state index in [4.69, 9.17) is 4.74 Å². The number of aromatic nitrogens is 3. The van der Waals surface area contributed by atoms with Crippen LogP contribution in [-0.2, 0) is 10.3 Å². The number of pyridine rings is 2. The first kappa shape index (κ1) is 23.0. The number of carbonyl (C=O) groups is 1. The van der Waals surface area contributed by atoms with Crippen LogP contribution in [0.25, 0.3) is 17.0 Å². The number of hydrogen-bond acceptors (Lipinski definition) is 6. The number of nitrogens with zero attached hydrogens (tertiary/aromatic N) is 4. The number of ether oxygens (including phenoxy) is 1. The van der Waals surface area contributed by atoms with Gasteiger partial charge in [0, 0.05) is 12.7 Å². The van der Waals surface area contributed by atoms with Gasteiger partial charge in [-0.15, -0.1) is 0 Å². The molecule has 0 aliphatic carbocycles. The third kappa shape index (κ3) is 5.08. The molecule has 0 spiro atoms. The summed E-state index contributed by atoms with van der Waals surface area (Å²) >= 11 is 0. The molecule has 9 heteroatoms. The molecule has 0 bridgehead atoms. The van der Waals surface area contributed by atoms with Gasteiger partial charge in [-0.05, 0) is 58.4 Å². The Bertz CT molecular complexity index is 1160. The van der Waals surface area contributed by atoms with Gasteiger partial charge in [0.1, 0.15) is 23.2 Å².